The predicted octanol–water partition coefficient (Wildman–Crippen LogP) is 1.54. The van der Waals surface area contributed by atoms with Crippen LogP contribution in [0.2, 0.25) is 0 Å². The molecule has 0 atom stereocenters. The third kappa shape index (κ3) is 2.82. The molecule has 0 aromatic heterocycles. The Morgan fingerprint density at radius 1 is 1.35 bits per heavy atom. The molecule has 0 radical (unpaired) electrons. The Balaban J connectivity index is 2.27. The number of anilines is 1. The average Bonchev–Trinajstić information content (AvgIpc) is 3.21. The molecule has 20 heavy (non-hydrogen) atoms. The summed E-state index contributed by atoms with van der Waals surface area (Å²) < 4.78 is 0. The van der Waals surface area contributed by atoms with E-state index in [2.05, 4.69) is 0 Å². The van der Waals surface area contributed by atoms with Crippen molar-refractivity contribution in [3.8, 4) is 0 Å². The summed E-state index contributed by atoms with van der Waals surface area (Å²) in [6.45, 7) is 2.42. The highest BCUT2D eigenvalue weighted by atomic mass is 16.4. The lowest BCUT2D eigenvalue weighted by Crippen LogP contribution is -2.42. The summed E-state index contributed by atoms with van der Waals surface area (Å²) in [5.41, 5.74) is 6.98. The van der Waals surface area contributed by atoms with Gasteiger partial charge in [-0.3, -0.25) is 9.59 Å². The fraction of sp³-hybridized carbons (Fsp3) is 0.467. The zero-order valence-corrected chi connectivity index (χ0v) is 11.6. The normalized spacial score (nSPS) is 15.7. The maximum absolute atomic E-state index is 12.7. The second-order valence-electron chi connectivity index (χ2n) is 5.37. The number of aliphatic carboxylic acids is 1. The number of amides is 1. The van der Waals surface area contributed by atoms with Crippen molar-refractivity contribution in [2.75, 3.05) is 18.0 Å². The maximum atomic E-state index is 12.7. The van der Waals surface area contributed by atoms with Crippen LogP contribution in [0.4, 0.5) is 5.69 Å². The van der Waals surface area contributed by atoms with Crippen molar-refractivity contribution in [1.82, 2.24) is 0 Å². The number of nitrogens with two attached hydrogens (primary N) is 1. The van der Waals surface area contributed by atoms with Gasteiger partial charge in [-0.15, -0.1) is 0 Å². The van der Waals surface area contributed by atoms with E-state index in [1.165, 1.54) is 0 Å². The first-order valence-electron chi connectivity index (χ1n) is 6.80. The van der Waals surface area contributed by atoms with Crippen LogP contribution in [0.5, 0.6) is 0 Å². The highest BCUT2D eigenvalue weighted by Gasteiger charge is 2.50. The SMILES string of the molecule is Cc1ccccc1N(CCC(=O)O)C(=O)C1(CN)CC1. The second kappa shape index (κ2) is 5.63. The molecule has 1 fully saturated rings. The highest BCUT2D eigenvalue weighted by molar-refractivity contribution is 6.00. The van der Waals surface area contributed by atoms with Gasteiger partial charge in [0.15, 0.2) is 0 Å². The molecule has 5 nitrogen and oxygen atoms in total. The Bertz CT molecular complexity index is 524. The minimum atomic E-state index is -0.908. The fourth-order valence-electron chi connectivity index (χ4n) is 2.35. The lowest BCUT2D eigenvalue weighted by atomic mass is 10.0. The molecule has 1 amide bonds. The first-order chi connectivity index (χ1) is 9.50. The first kappa shape index (κ1) is 14.5. The largest absolute Gasteiger partial charge is 0.481 e. The number of carboxylic acid groups (broad SMARTS) is 1. The first-order valence-corrected chi connectivity index (χ1v) is 6.80. The van der Waals surface area contributed by atoms with E-state index >= 15 is 0 Å². The summed E-state index contributed by atoms with van der Waals surface area (Å²) in [6, 6.07) is 7.51. The van der Waals surface area contributed by atoms with Gasteiger partial charge in [0.25, 0.3) is 0 Å². The number of hydrogen-bond acceptors (Lipinski definition) is 3. The summed E-state index contributed by atoms with van der Waals surface area (Å²) in [5.74, 6) is -0.954. The van der Waals surface area contributed by atoms with E-state index in [1.54, 1.807) is 4.90 Å². The van der Waals surface area contributed by atoms with Gasteiger partial charge in [-0.1, -0.05) is 18.2 Å². The molecule has 0 aliphatic heterocycles. The van der Waals surface area contributed by atoms with Crippen LogP contribution >= 0.6 is 0 Å². The zero-order valence-electron chi connectivity index (χ0n) is 11.6. The molecule has 5 heteroatoms. The molecule has 0 unspecified atom stereocenters. The zero-order chi connectivity index (χ0) is 14.8. The molecule has 108 valence electrons. The quantitative estimate of drug-likeness (QED) is 0.825. The Labute approximate surface area is 118 Å². The van der Waals surface area contributed by atoms with Crippen LogP contribution in [0.15, 0.2) is 24.3 Å². The molecule has 1 aliphatic carbocycles. The minimum Gasteiger partial charge on any atom is -0.481 e. The standard InChI is InChI=1S/C15H20N2O3/c1-11-4-2-3-5-12(11)17(9-6-13(18)19)14(20)15(10-16)7-8-15/h2-5H,6-10,16H2,1H3,(H,18,19). The molecule has 0 heterocycles. The molecule has 1 aromatic rings. The van der Waals surface area contributed by atoms with Gasteiger partial charge in [-0.05, 0) is 31.4 Å². The number of aryl methyl sites for hydroxylation is 1. The van der Waals surface area contributed by atoms with E-state index in [-0.39, 0.29) is 18.9 Å². The maximum Gasteiger partial charge on any atom is 0.305 e. The van der Waals surface area contributed by atoms with Crippen LogP contribution in [0.1, 0.15) is 24.8 Å². The van der Waals surface area contributed by atoms with Gasteiger partial charge >= 0.3 is 5.97 Å². The van der Waals surface area contributed by atoms with Crippen LogP contribution < -0.4 is 10.6 Å². The minimum absolute atomic E-state index is 0.0458. The topological polar surface area (TPSA) is 83.6 Å². The molecule has 0 bridgehead atoms. The van der Waals surface area contributed by atoms with E-state index < -0.39 is 11.4 Å². The van der Waals surface area contributed by atoms with Gasteiger partial charge in [0.2, 0.25) is 5.91 Å². The van der Waals surface area contributed by atoms with Crippen LogP contribution in [0, 0.1) is 12.3 Å². The molecule has 0 saturated heterocycles. The number of rotatable bonds is 6. The lowest BCUT2D eigenvalue weighted by molar-refractivity contribution is -0.136. The monoisotopic (exact) mass is 276 g/mol. The number of para-hydroxylation sites is 1. The summed E-state index contributed by atoms with van der Waals surface area (Å²) in [5, 5.41) is 8.87. The molecule has 1 aliphatic rings. The summed E-state index contributed by atoms with van der Waals surface area (Å²) in [7, 11) is 0. The molecule has 1 aromatic carbocycles. The third-order valence-electron chi connectivity index (χ3n) is 3.90. The van der Waals surface area contributed by atoms with Gasteiger partial charge in [0.05, 0.1) is 11.8 Å². The van der Waals surface area contributed by atoms with Crippen molar-refractivity contribution in [1.29, 1.82) is 0 Å². The smallest absolute Gasteiger partial charge is 0.305 e. The van der Waals surface area contributed by atoms with E-state index in [1.807, 2.05) is 31.2 Å². The van der Waals surface area contributed by atoms with Crippen molar-refractivity contribution in [2.24, 2.45) is 11.1 Å². The second-order valence-corrected chi connectivity index (χ2v) is 5.37. The van der Waals surface area contributed by atoms with Crippen molar-refractivity contribution >= 4 is 17.6 Å². The van der Waals surface area contributed by atoms with Crippen LogP contribution in [-0.2, 0) is 9.59 Å². The van der Waals surface area contributed by atoms with Crippen molar-refractivity contribution in [3.05, 3.63) is 29.8 Å². The van der Waals surface area contributed by atoms with Gasteiger partial charge in [0.1, 0.15) is 0 Å². The molecule has 1 saturated carbocycles. The average molecular weight is 276 g/mol. The van der Waals surface area contributed by atoms with E-state index in [4.69, 9.17) is 10.8 Å². The van der Waals surface area contributed by atoms with Gasteiger partial charge in [-0.2, -0.15) is 0 Å². The summed E-state index contributed by atoms with van der Waals surface area (Å²) >= 11 is 0. The number of carbonyl (C=O) groups excluding carboxylic acids is 1. The Morgan fingerprint density at radius 3 is 2.50 bits per heavy atom. The van der Waals surface area contributed by atoms with E-state index in [9.17, 15) is 9.59 Å². The highest BCUT2D eigenvalue weighted by Crippen LogP contribution is 2.47. The Hall–Kier alpha value is -1.88. The number of hydrogen-bond donors (Lipinski definition) is 2. The fourth-order valence-corrected chi connectivity index (χ4v) is 2.35. The Morgan fingerprint density at radius 2 is 2.00 bits per heavy atom. The number of carboxylic acids is 1. The number of benzene rings is 1. The molecular formula is C15H20N2O3. The van der Waals surface area contributed by atoms with Gasteiger partial charge in [0, 0.05) is 18.8 Å². The predicted molar refractivity (Wildman–Crippen MR) is 76.5 cm³/mol. The van der Waals surface area contributed by atoms with Crippen LogP contribution in [0.25, 0.3) is 0 Å². The summed E-state index contributed by atoms with van der Waals surface area (Å²) in [6.07, 6.45) is 1.51. The summed E-state index contributed by atoms with van der Waals surface area (Å²) in [4.78, 5) is 25.1. The van der Waals surface area contributed by atoms with E-state index in [0.29, 0.717) is 6.54 Å². The van der Waals surface area contributed by atoms with Crippen LogP contribution in [-0.4, -0.2) is 30.1 Å². The lowest BCUT2D eigenvalue weighted by Gasteiger charge is -2.27. The van der Waals surface area contributed by atoms with Gasteiger partial charge < -0.3 is 15.7 Å². The molecule has 3 N–H and O–H groups in total. The molecule has 0 spiro atoms. The third-order valence-corrected chi connectivity index (χ3v) is 3.90. The number of carbonyl (C=O) groups is 2. The van der Waals surface area contributed by atoms with Crippen LogP contribution in [0.3, 0.4) is 0 Å². The van der Waals surface area contributed by atoms with Crippen molar-refractivity contribution in [3.63, 3.8) is 0 Å². The van der Waals surface area contributed by atoms with Crippen molar-refractivity contribution < 1.29 is 14.7 Å². The Kier molecular flexibility index (Phi) is 4.09. The number of nitrogens with zero attached hydrogens (tertiary/aromatic N) is 1. The van der Waals surface area contributed by atoms with Crippen molar-refractivity contribution in [2.45, 2.75) is 26.2 Å². The van der Waals surface area contributed by atoms with Gasteiger partial charge in [-0.25, -0.2) is 0 Å². The van der Waals surface area contributed by atoms with E-state index in [0.717, 1.165) is 24.1 Å². The molecular weight excluding hydrogens is 256 g/mol. The molecule has 2 rings (SSSR count).